The third kappa shape index (κ3) is 2.52. The predicted octanol–water partition coefficient (Wildman–Crippen LogP) is 0.112. The molecule has 1 saturated heterocycles. The fraction of sp³-hybridized carbons (Fsp3) is 0.467. The van der Waals surface area contributed by atoms with Crippen molar-refractivity contribution in [1.29, 1.82) is 0 Å². The summed E-state index contributed by atoms with van der Waals surface area (Å²) in [4.78, 5) is 30.5. The monoisotopic (exact) mass is 288 g/mol. The summed E-state index contributed by atoms with van der Waals surface area (Å²) < 4.78 is 0. The number of anilines is 1. The Labute approximate surface area is 124 Å². The van der Waals surface area contributed by atoms with Gasteiger partial charge in [0.15, 0.2) is 0 Å². The molecular formula is C15H20N4O2. The van der Waals surface area contributed by atoms with Crippen LogP contribution >= 0.6 is 0 Å². The largest absolute Gasteiger partial charge is 0.398 e. The lowest BCUT2D eigenvalue weighted by Crippen LogP contribution is -2.47. The van der Waals surface area contributed by atoms with Gasteiger partial charge >= 0.3 is 0 Å². The van der Waals surface area contributed by atoms with E-state index in [4.69, 9.17) is 5.73 Å². The third-order valence-electron chi connectivity index (χ3n) is 4.27. The van der Waals surface area contributed by atoms with Crippen LogP contribution in [0.5, 0.6) is 0 Å². The van der Waals surface area contributed by atoms with Gasteiger partial charge in [0, 0.05) is 45.0 Å². The maximum Gasteiger partial charge on any atom is 0.263 e. The van der Waals surface area contributed by atoms with Gasteiger partial charge in [-0.25, -0.2) is 0 Å². The summed E-state index contributed by atoms with van der Waals surface area (Å²) in [6.07, 6.45) is 0. The lowest BCUT2D eigenvalue weighted by Gasteiger charge is -2.33. The highest BCUT2D eigenvalue weighted by molar-refractivity contribution is 6.23. The Morgan fingerprint density at radius 1 is 1.05 bits per heavy atom. The molecule has 112 valence electrons. The average Bonchev–Trinajstić information content (AvgIpc) is 2.72. The molecule has 2 aliphatic rings. The molecule has 6 nitrogen and oxygen atoms in total. The summed E-state index contributed by atoms with van der Waals surface area (Å²) in [5.74, 6) is -0.487. The molecule has 2 N–H and O–H groups in total. The summed E-state index contributed by atoms with van der Waals surface area (Å²) in [7, 11) is 2.10. The van der Waals surface area contributed by atoms with E-state index in [0.717, 1.165) is 32.7 Å². The molecule has 0 bridgehead atoms. The first-order chi connectivity index (χ1) is 10.1. The van der Waals surface area contributed by atoms with Gasteiger partial charge in [-0.15, -0.1) is 0 Å². The normalized spacial score (nSPS) is 20.1. The van der Waals surface area contributed by atoms with Crippen molar-refractivity contribution in [2.75, 3.05) is 52.0 Å². The summed E-state index contributed by atoms with van der Waals surface area (Å²) in [5, 5.41) is 0. The Hall–Kier alpha value is -1.92. The van der Waals surface area contributed by atoms with E-state index in [2.05, 4.69) is 16.8 Å². The minimum absolute atomic E-state index is 0.226. The summed E-state index contributed by atoms with van der Waals surface area (Å²) >= 11 is 0. The second kappa shape index (κ2) is 5.46. The highest BCUT2D eigenvalue weighted by Gasteiger charge is 2.36. The van der Waals surface area contributed by atoms with Crippen LogP contribution in [0, 0.1) is 0 Å². The number of nitrogen functional groups attached to an aromatic ring is 1. The Morgan fingerprint density at radius 3 is 2.43 bits per heavy atom. The first-order valence-electron chi connectivity index (χ1n) is 7.23. The van der Waals surface area contributed by atoms with Gasteiger partial charge < -0.3 is 10.6 Å². The molecule has 1 fully saturated rings. The van der Waals surface area contributed by atoms with Crippen LogP contribution in [0.15, 0.2) is 18.2 Å². The van der Waals surface area contributed by atoms with E-state index < -0.39 is 0 Å². The van der Waals surface area contributed by atoms with E-state index in [1.807, 2.05) is 0 Å². The van der Waals surface area contributed by atoms with Gasteiger partial charge in [0.1, 0.15) is 0 Å². The van der Waals surface area contributed by atoms with Gasteiger partial charge in [-0.05, 0) is 19.2 Å². The zero-order chi connectivity index (χ0) is 15.0. The van der Waals surface area contributed by atoms with Crippen LogP contribution in [0.25, 0.3) is 0 Å². The maximum absolute atomic E-state index is 12.4. The van der Waals surface area contributed by atoms with Crippen molar-refractivity contribution in [3.8, 4) is 0 Å². The number of carbonyl (C=O) groups is 2. The minimum Gasteiger partial charge on any atom is -0.398 e. The number of amides is 2. The van der Waals surface area contributed by atoms with Crippen LogP contribution in [0.3, 0.4) is 0 Å². The van der Waals surface area contributed by atoms with E-state index in [1.54, 1.807) is 18.2 Å². The van der Waals surface area contributed by atoms with Gasteiger partial charge in [0.2, 0.25) is 0 Å². The molecular weight excluding hydrogens is 268 g/mol. The van der Waals surface area contributed by atoms with Crippen molar-refractivity contribution >= 4 is 17.5 Å². The molecule has 1 aromatic carbocycles. The smallest absolute Gasteiger partial charge is 0.263 e. The standard InChI is InChI=1S/C15H20N4O2/c1-17-5-7-18(8-6-17)9-10-19-14(20)11-3-2-4-12(16)13(11)15(19)21/h2-4H,5-10,16H2,1H3. The Bertz CT molecular complexity index is 579. The average molecular weight is 288 g/mol. The maximum atomic E-state index is 12.4. The van der Waals surface area contributed by atoms with Gasteiger partial charge in [-0.2, -0.15) is 0 Å². The summed E-state index contributed by atoms with van der Waals surface area (Å²) in [5.41, 5.74) is 7.00. The summed E-state index contributed by atoms with van der Waals surface area (Å²) in [6.45, 7) is 5.14. The van der Waals surface area contributed by atoms with Crippen LogP contribution < -0.4 is 5.73 Å². The predicted molar refractivity (Wildman–Crippen MR) is 80.2 cm³/mol. The molecule has 3 rings (SSSR count). The van der Waals surface area contributed by atoms with Crippen LogP contribution in [0.4, 0.5) is 5.69 Å². The second-order valence-corrected chi connectivity index (χ2v) is 5.68. The fourth-order valence-corrected chi connectivity index (χ4v) is 2.88. The third-order valence-corrected chi connectivity index (χ3v) is 4.27. The highest BCUT2D eigenvalue weighted by atomic mass is 16.2. The molecule has 0 aromatic heterocycles. The molecule has 0 unspecified atom stereocenters. The number of rotatable bonds is 3. The van der Waals surface area contributed by atoms with Crippen molar-refractivity contribution in [3.63, 3.8) is 0 Å². The molecule has 6 heteroatoms. The zero-order valence-electron chi connectivity index (χ0n) is 12.2. The second-order valence-electron chi connectivity index (χ2n) is 5.68. The van der Waals surface area contributed by atoms with Crippen LogP contribution in [-0.4, -0.2) is 72.8 Å². The number of carbonyl (C=O) groups excluding carboxylic acids is 2. The zero-order valence-corrected chi connectivity index (χ0v) is 12.2. The number of piperazine rings is 1. The molecule has 0 atom stereocenters. The molecule has 1 aromatic rings. The lowest BCUT2D eigenvalue weighted by atomic mass is 10.1. The van der Waals surface area contributed by atoms with Crippen molar-refractivity contribution in [3.05, 3.63) is 29.3 Å². The first kappa shape index (κ1) is 14.0. The minimum atomic E-state index is -0.262. The number of likely N-dealkylation sites (N-methyl/N-ethyl adjacent to an activating group) is 1. The van der Waals surface area contributed by atoms with Crippen molar-refractivity contribution in [2.45, 2.75) is 0 Å². The summed E-state index contributed by atoms with van der Waals surface area (Å²) in [6, 6.07) is 5.04. The number of hydrogen-bond acceptors (Lipinski definition) is 5. The van der Waals surface area contributed by atoms with E-state index >= 15 is 0 Å². The molecule has 0 saturated carbocycles. The molecule has 2 aliphatic heterocycles. The van der Waals surface area contributed by atoms with Gasteiger partial charge in [-0.3, -0.25) is 19.4 Å². The fourth-order valence-electron chi connectivity index (χ4n) is 2.88. The number of nitrogens with two attached hydrogens (primary N) is 1. The van der Waals surface area contributed by atoms with Crippen molar-refractivity contribution in [1.82, 2.24) is 14.7 Å². The topological polar surface area (TPSA) is 69.9 Å². The quantitative estimate of drug-likeness (QED) is 0.631. The Morgan fingerprint density at radius 2 is 1.76 bits per heavy atom. The van der Waals surface area contributed by atoms with Crippen LogP contribution in [0.2, 0.25) is 0 Å². The number of benzene rings is 1. The molecule has 2 amide bonds. The Balaban J connectivity index is 1.67. The van der Waals surface area contributed by atoms with Crippen LogP contribution in [0.1, 0.15) is 20.7 Å². The van der Waals surface area contributed by atoms with Crippen molar-refractivity contribution in [2.24, 2.45) is 0 Å². The van der Waals surface area contributed by atoms with Crippen molar-refractivity contribution < 1.29 is 9.59 Å². The first-order valence-corrected chi connectivity index (χ1v) is 7.23. The highest BCUT2D eigenvalue weighted by Crippen LogP contribution is 2.27. The SMILES string of the molecule is CN1CCN(CCN2C(=O)c3cccc(N)c3C2=O)CC1. The van der Waals surface area contributed by atoms with E-state index in [-0.39, 0.29) is 11.8 Å². The van der Waals surface area contributed by atoms with E-state index in [9.17, 15) is 9.59 Å². The number of fused-ring (bicyclic) bond motifs is 1. The lowest BCUT2D eigenvalue weighted by molar-refractivity contribution is 0.0621. The Kier molecular flexibility index (Phi) is 3.65. The molecule has 2 heterocycles. The van der Waals surface area contributed by atoms with Gasteiger partial charge in [0.05, 0.1) is 11.1 Å². The molecule has 21 heavy (non-hydrogen) atoms. The van der Waals surface area contributed by atoms with Gasteiger partial charge in [-0.1, -0.05) is 6.07 Å². The van der Waals surface area contributed by atoms with E-state index in [0.29, 0.717) is 23.4 Å². The van der Waals surface area contributed by atoms with Crippen LogP contribution in [-0.2, 0) is 0 Å². The number of imide groups is 1. The van der Waals surface area contributed by atoms with Gasteiger partial charge in [0.25, 0.3) is 11.8 Å². The number of nitrogens with zero attached hydrogens (tertiary/aromatic N) is 3. The number of hydrogen-bond donors (Lipinski definition) is 1. The van der Waals surface area contributed by atoms with E-state index in [1.165, 1.54) is 4.90 Å². The molecule has 0 aliphatic carbocycles. The molecule has 0 spiro atoms. The molecule has 0 radical (unpaired) electrons.